The summed E-state index contributed by atoms with van der Waals surface area (Å²) in [4.78, 5) is 21.4. The number of aromatic nitrogens is 2. The smallest absolute Gasteiger partial charge is 0.328 e. The highest BCUT2D eigenvalue weighted by molar-refractivity contribution is 7.18. The number of aryl methyl sites for hydroxylation is 1. The molecule has 96 valence electrons. The molecule has 2 rings (SSSR count). The topological polar surface area (TPSA) is 66.3 Å². The van der Waals surface area contributed by atoms with Crippen LogP contribution in [0, 0.1) is 6.92 Å². The molecular weight excluding hydrogens is 250 g/mol. The average molecular weight is 265 g/mol. The Morgan fingerprint density at radius 2 is 2.11 bits per heavy atom. The summed E-state index contributed by atoms with van der Waals surface area (Å²) in [5.41, 5.74) is 0.956. The molecule has 2 heterocycles. The lowest BCUT2D eigenvalue weighted by atomic mass is 10.0. The summed E-state index contributed by atoms with van der Waals surface area (Å²) >= 11 is 1.54. The van der Waals surface area contributed by atoms with Crippen molar-refractivity contribution in [3.8, 4) is 0 Å². The summed E-state index contributed by atoms with van der Waals surface area (Å²) in [6.45, 7) is 5.30. The molecule has 5 nitrogen and oxygen atoms in total. The van der Waals surface area contributed by atoms with Gasteiger partial charge in [0.05, 0.1) is 10.2 Å². The van der Waals surface area contributed by atoms with E-state index in [9.17, 15) is 9.90 Å². The SMILES string of the molecule is Cc1csc2c(N(C)C(C)(C)C(=O)O)ncnc12. The number of nitrogens with zero attached hydrogens (tertiary/aromatic N) is 3. The molecule has 2 aromatic rings. The number of carboxylic acids is 1. The Balaban J connectivity index is 2.58. The first-order chi connectivity index (χ1) is 8.35. The van der Waals surface area contributed by atoms with E-state index in [2.05, 4.69) is 9.97 Å². The number of hydrogen-bond donors (Lipinski definition) is 1. The molecule has 0 bridgehead atoms. The monoisotopic (exact) mass is 265 g/mol. The Hall–Kier alpha value is -1.69. The zero-order chi connectivity index (χ0) is 13.5. The predicted molar refractivity (Wildman–Crippen MR) is 72.3 cm³/mol. The Morgan fingerprint density at radius 1 is 1.44 bits per heavy atom. The van der Waals surface area contributed by atoms with Crippen molar-refractivity contribution in [1.29, 1.82) is 0 Å². The first kappa shape index (κ1) is 12.8. The number of anilines is 1. The summed E-state index contributed by atoms with van der Waals surface area (Å²) in [7, 11) is 1.74. The van der Waals surface area contributed by atoms with Crippen LogP contribution in [0.1, 0.15) is 19.4 Å². The Morgan fingerprint density at radius 3 is 2.72 bits per heavy atom. The maximum Gasteiger partial charge on any atom is 0.328 e. The number of thiophene rings is 1. The van der Waals surface area contributed by atoms with E-state index in [4.69, 9.17) is 0 Å². The van der Waals surface area contributed by atoms with Gasteiger partial charge in [0.15, 0.2) is 5.82 Å². The maximum atomic E-state index is 11.3. The van der Waals surface area contributed by atoms with Gasteiger partial charge in [-0.3, -0.25) is 0 Å². The molecule has 0 aliphatic rings. The quantitative estimate of drug-likeness (QED) is 0.922. The van der Waals surface area contributed by atoms with E-state index in [1.54, 1.807) is 25.8 Å². The number of likely N-dealkylation sites (N-methyl/N-ethyl adjacent to an activating group) is 1. The second kappa shape index (κ2) is 4.20. The van der Waals surface area contributed by atoms with Gasteiger partial charge in [-0.2, -0.15) is 0 Å². The summed E-state index contributed by atoms with van der Waals surface area (Å²) in [5.74, 6) is -0.226. The van der Waals surface area contributed by atoms with Crippen molar-refractivity contribution in [2.75, 3.05) is 11.9 Å². The van der Waals surface area contributed by atoms with Crippen LogP contribution in [-0.4, -0.2) is 33.6 Å². The molecule has 1 N–H and O–H groups in total. The van der Waals surface area contributed by atoms with E-state index < -0.39 is 11.5 Å². The van der Waals surface area contributed by atoms with Crippen molar-refractivity contribution in [1.82, 2.24) is 9.97 Å². The molecule has 0 aromatic carbocycles. The van der Waals surface area contributed by atoms with Crippen molar-refractivity contribution < 1.29 is 9.90 Å². The maximum absolute atomic E-state index is 11.3. The molecule has 0 saturated carbocycles. The standard InChI is InChI=1S/C12H15N3O2S/c1-7-5-18-9-8(7)13-6-14-10(9)15(4)12(2,3)11(16)17/h5-6H,1-4H3,(H,16,17). The minimum atomic E-state index is -1.01. The van der Waals surface area contributed by atoms with E-state index >= 15 is 0 Å². The molecule has 0 saturated heterocycles. The molecular formula is C12H15N3O2S. The molecule has 0 spiro atoms. The Labute approximate surface area is 109 Å². The third kappa shape index (κ3) is 1.82. The zero-order valence-corrected chi connectivity index (χ0v) is 11.6. The highest BCUT2D eigenvalue weighted by Crippen LogP contribution is 2.33. The van der Waals surface area contributed by atoms with Crippen LogP contribution in [0.15, 0.2) is 11.7 Å². The van der Waals surface area contributed by atoms with Gasteiger partial charge in [-0.05, 0) is 31.7 Å². The highest BCUT2D eigenvalue weighted by Gasteiger charge is 2.34. The third-order valence-corrected chi connectivity index (χ3v) is 4.27. The molecule has 2 aromatic heterocycles. The normalized spacial score (nSPS) is 11.8. The lowest BCUT2D eigenvalue weighted by Gasteiger charge is -2.32. The van der Waals surface area contributed by atoms with Gasteiger partial charge in [0.2, 0.25) is 0 Å². The van der Waals surface area contributed by atoms with Gasteiger partial charge < -0.3 is 10.0 Å². The van der Waals surface area contributed by atoms with Crippen molar-refractivity contribution in [3.05, 3.63) is 17.3 Å². The van der Waals surface area contributed by atoms with E-state index in [0.29, 0.717) is 5.82 Å². The summed E-state index contributed by atoms with van der Waals surface area (Å²) < 4.78 is 0.923. The number of aliphatic carboxylic acids is 1. The van der Waals surface area contributed by atoms with Crippen LogP contribution < -0.4 is 4.90 Å². The van der Waals surface area contributed by atoms with Crippen LogP contribution in [0.5, 0.6) is 0 Å². The van der Waals surface area contributed by atoms with Gasteiger partial charge in [-0.1, -0.05) is 0 Å². The second-order valence-electron chi connectivity index (χ2n) is 4.72. The third-order valence-electron chi connectivity index (χ3n) is 3.19. The summed E-state index contributed by atoms with van der Waals surface area (Å²) in [6, 6.07) is 0. The Bertz CT molecular complexity index is 606. The number of rotatable bonds is 3. The van der Waals surface area contributed by atoms with Crippen molar-refractivity contribution >= 4 is 33.3 Å². The van der Waals surface area contributed by atoms with Gasteiger partial charge in [0, 0.05) is 7.05 Å². The number of fused-ring (bicyclic) bond motifs is 1. The number of carbonyl (C=O) groups is 1. The van der Waals surface area contributed by atoms with Crippen molar-refractivity contribution in [2.24, 2.45) is 0 Å². The minimum Gasteiger partial charge on any atom is -0.480 e. The van der Waals surface area contributed by atoms with Crippen LogP contribution in [0.4, 0.5) is 5.82 Å². The van der Waals surface area contributed by atoms with Gasteiger partial charge in [0.1, 0.15) is 11.9 Å². The molecule has 0 unspecified atom stereocenters. The van der Waals surface area contributed by atoms with Gasteiger partial charge >= 0.3 is 5.97 Å². The molecule has 0 fully saturated rings. The van der Waals surface area contributed by atoms with E-state index in [1.165, 1.54) is 17.7 Å². The molecule has 0 aliphatic carbocycles. The fraction of sp³-hybridized carbons (Fsp3) is 0.417. The van der Waals surface area contributed by atoms with Crippen molar-refractivity contribution in [2.45, 2.75) is 26.3 Å². The predicted octanol–water partition coefficient (Wildman–Crippen LogP) is 2.30. The average Bonchev–Trinajstić information content (AvgIpc) is 2.70. The lowest BCUT2D eigenvalue weighted by Crippen LogP contribution is -2.48. The fourth-order valence-electron chi connectivity index (χ4n) is 1.60. The zero-order valence-electron chi connectivity index (χ0n) is 10.8. The van der Waals surface area contributed by atoms with E-state index in [0.717, 1.165) is 15.8 Å². The molecule has 0 radical (unpaired) electrons. The van der Waals surface area contributed by atoms with E-state index in [-0.39, 0.29) is 0 Å². The highest BCUT2D eigenvalue weighted by atomic mass is 32.1. The van der Waals surface area contributed by atoms with Crippen LogP contribution in [0.2, 0.25) is 0 Å². The largest absolute Gasteiger partial charge is 0.480 e. The Kier molecular flexibility index (Phi) is 2.98. The van der Waals surface area contributed by atoms with Crippen molar-refractivity contribution in [3.63, 3.8) is 0 Å². The van der Waals surface area contributed by atoms with Gasteiger partial charge in [-0.25, -0.2) is 14.8 Å². The minimum absolute atomic E-state index is 0.658. The number of hydrogen-bond acceptors (Lipinski definition) is 5. The first-order valence-corrected chi connectivity index (χ1v) is 6.39. The molecule has 0 atom stereocenters. The van der Waals surface area contributed by atoms with Crippen LogP contribution in [0.3, 0.4) is 0 Å². The lowest BCUT2D eigenvalue weighted by molar-refractivity contribution is -0.142. The van der Waals surface area contributed by atoms with Gasteiger partial charge in [0.25, 0.3) is 0 Å². The van der Waals surface area contributed by atoms with Crippen LogP contribution >= 0.6 is 11.3 Å². The van der Waals surface area contributed by atoms with Crippen LogP contribution in [0.25, 0.3) is 10.2 Å². The number of carboxylic acid groups (broad SMARTS) is 1. The molecule has 18 heavy (non-hydrogen) atoms. The summed E-state index contributed by atoms with van der Waals surface area (Å²) in [6.07, 6.45) is 1.48. The van der Waals surface area contributed by atoms with Gasteiger partial charge in [-0.15, -0.1) is 11.3 Å². The van der Waals surface area contributed by atoms with Crippen LogP contribution in [-0.2, 0) is 4.79 Å². The molecule has 0 amide bonds. The summed E-state index contributed by atoms with van der Waals surface area (Å²) in [5, 5.41) is 11.3. The second-order valence-corrected chi connectivity index (χ2v) is 5.60. The molecule has 6 heteroatoms. The molecule has 0 aliphatic heterocycles. The fourth-order valence-corrected chi connectivity index (χ4v) is 2.63. The first-order valence-electron chi connectivity index (χ1n) is 5.51. The van der Waals surface area contributed by atoms with E-state index in [1.807, 2.05) is 12.3 Å².